The predicted molar refractivity (Wildman–Crippen MR) is 132 cm³/mol. The van der Waals surface area contributed by atoms with E-state index >= 15 is 0 Å². The molecule has 30 heavy (non-hydrogen) atoms. The topological polar surface area (TPSA) is 9.23 Å². The van der Waals surface area contributed by atoms with Gasteiger partial charge in [-0.15, -0.1) is 0 Å². The van der Waals surface area contributed by atoms with E-state index in [4.69, 9.17) is 4.74 Å². The Balaban J connectivity index is 1.53. The lowest BCUT2D eigenvalue weighted by Crippen LogP contribution is -2.13. The third-order valence-electron chi connectivity index (χ3n) is 6.81. The summed E-state index contributed by atoms with van der Waals surface area (Å²) in [6, 6.07) is 8.78. The van der Waals surface area contributed by atoms with Gasteiger partial charge >= 0.3 is 0 Å². The van der Waals surface area contributed by atoms with Crippen LogP contribution < -0.4 is 4.74 Å². The average Bonchev–Trinajstić information content (AvgIpc) is 2.78. The minimum atomic E-state index is 0.838. The molecule has 2 rings (SSSR count). The molecule has 1 aromatic rings. The lowest BCUT2D eigenvalue weighted by Gasteiger charge is -2.26. The molecule has 0 aliphatic heterocycles. The highest BCUT2D eigenvalue weighted by Crippen LogP contribution is 2.32. The number of allylic oxidation sites excluding steroid dienone is 2. The number of hydrogen-bond acceptors (Lipinski definition) is 1. The molecule has 1 nitrogen and oxygen atoms in total. The molecule has 1 aromatic carbocycles. The van der Waals surface area contributed by atoms with Crippen LogP contribution in [0.3, 0.4) is 0 Å². The van der Waals surface area contributed by atoms with Crippen molar-refractivity contribution in [1.82, 2.24) is 0 Å². The van der Waals surface area contributed by atoms with Crippen LogP contribution in [0, 0.1) is 11.8 Å². The van der Waals surface area contributed by atoms with Gasteiger partial charge in [-0.3, -0.25) is 0 Å². The molecule has 0 atom stereocenters. The first-order valence-corrected chi connectivity index (χ1v) is 13.2. The first-order chi connectivity index (χ1) is 14.8. The molecule has 0 saturated heterocycles. The van der Waals surface area contributed by atoms with Crippen LogP contribution in [0.5, 0.6) is 5.75 Å². The molecule has 0 aromatic heterocycles. The van der Waals surface area contributed by atoms with E-state index in [-0.39, 0.29) is 0 Å². The van der Waals surface area contributed by atoms with Crippen LogP contribution in [-0.4, -0.2) is 6.61 Å². The van der Waals surface area contributed by atoms with Crippen LogP contribution in [-0.2, 0) is 6.42 Å². The Kier molecular flexibility index (Phi) is 13.7. The molecule has 0 amide bonds. The van der Waals surface area contributed by atoms with Crippen molar-refractivity contribution in [2.75, 3.05) is 6.61 Å². The SMILES string of the molecule is CCCCCCCCOc1ccc(CCC=C[C@H]2CC[C@H](CCCCC)CC2)cc1. The monoisotopic (exact) mass is 412 g/mol. The zero-order chi connectivity index (χ0) is 21.3. The van der Waals surface area contributed by atoms with Gasteiger partial charge in [-0.25, -0.2) is 0 Å². The summed E-state index contributed by atoms with van der Waals surface area (Å²) in [5.74, 6) is 2.88. The van der Waals surface area contributed by atoms with Crippen molar-refractivity contribution in [2.24, 2.45) is 11.8 Å². The van der Waals surface area contributed by atoms with E-state index in [9.17, 15) is 0 Å². The number of unbranched alkanes of at least 4 members (excludes halogenated alkanes) is 7. The molecule has 170 valence electrons. The van der Waals surface area contributed by atoms with E-state index < -0.39 is 0 Å². The number of rotatable bonds is 16. The van der Waals surface area contributed by atoms with Crippen LogP contribution >= 0.6 is 0 Å². The normalized spacial score (nSPS) is 19.4. The lowest BCUT2D eigenvalue weighted by molar-refractivity contribution is 0.289. The molecular weight excluding hydrogens is 364 g/mol. The summed E-state index contributed by atoms with van der Waals surface area (Å²) in [4.78, 5) is 0. The Morgan fingerprint density at radius 2 is 1.47 bits per heavy atom. The highest BCUT2D eigenvalue weighted by Gasteiger charge is 2.18. The zero-order valence-electron chi connectivity index (χ0n) is 20.0. The van der Waals surface area contributed by atoms with E-state index in [1.165, 1.54) is 95.5 Å². The van der Waals surface area contributed by atoms with E-state index in [0.29, 0.717) is 0 Å². The molecule has 1 aliphatic carbocycles. The first kappa shape index (κ1) is 25.0. The third kappa shape index (κ3) is 11.2. The Hall–Kier alpha value is -1.24. The standard InChI is InChI=1S/C29H48O/c1-3-5-7-8-9-13-25-30-29-23-21-28(22-24-29)16-12-11-15-27-19-17-26(18-20-27)14-10-6-4-2/h11,15,21-24,26-27H,3-10,12-14,16-20,25H2,1-2H3/t26-,27-. The van der Waals surface area contributed by atoms with E-state index in [1.807, 2.05) is 0 Å². The minimum absolute atomic E-state index is 0.838. The first-order valence-electron chi connectivity index (χ1n) is 13.2. The molecule has 0 spiro atoms. The smallest absolute Gasteiger partial charge is 0.119 e. The van der Waals surface area contributed by atoms with Gasteiger partial charge in [0, 0.05) is 0 Å². The van der Waals surface area contributed by atoms with Gasteiger partial charge in [0.15, 0.2) is 0 Å². The van der Waals surface area contributed by atoms with Gasteiger partial charge in [-0.1, -0.05) is 95.9 Å². The Bertz CT molecular complexity index is 536. The summed E-state index contributed by atoms with van der Waals surface area (Å²) in [5.41, 5.74) is 1.42. The number of benzene rings is 1. The highest BCUT2D eigenvalue weighted by molar-refractivity contribution is 5.27. The summed E-state index contributed by atoms with van der Waals surface area (Å²) in [6.45, 7) is 5.43. The second kappa shape index (κ2) is 16.5. The van der Waals surface area contributed by atoms with Crippen molar-refractivity contribution in [3.8, 4) is 5.75 Å². The zero-order valence-corrected chi connectivity index (χ0v) is 20.0. The summed E-state index contributed by atoms with van der Waals surface area (Å²) in [7, 11) is 0. The fourth-order valence-electron chi connectivity index (χ4n) is 4.72. The molecule has 0 N–H and O–H groups in total. The third-order valence-corrected chi connectivity index (χ3v) is 6.81. The summed E-state index contributed by atoms with van der Waals surface area (Å²) < 4.78 is 5.90. The molecule has 1 aliphatic rings. The fourth-order valence-corrected chi connectivity index (χ4v) is 4.72. The molecule has 1 saturated carbocycles. The van der Waals surface area contributed by atoms with Crippen LogP contribution in [0.25, 0.3) is 0 Å². The van der Waals surface area contributed by atoms with E-state index in [2.05, 4.69) is 50.3 Å². The van der Waals surface area contributed by atoms with Gasteiger partial charge in [-0.2, -0.15) is 0 Å². The van der Waals surface area contributed by atoms with Gasteiger partial charge in [-0.05, 0) is 74.5 Å². The molecule has 0 unspecified atom stereocenters. The highest BCUT2D eigenvalue weighted by atomic mass is 16.5. The summed E-state index contributed by atoms with van der Waals surface area (Å²) >= 11 is 0. The second-order valence-electron chi connectivity index (χ2n) is 9.50. The van der Waals surface area contributed by atoms with Gasteiger partial charge < -0.3 is 4.74 Å². The van der Waals surface area contributed by atoms with Crippen molar-refractivity contribution in [2.45, 2.75) is 117 Å². The van der Waals surface area contributed by atoms with Gasteiger partial charge in [0.2, 0.25) is 0 Å². The molecule has 0 radical (unpaired) electrons. The second-order valence-corrected chi connectivity index (χ2v) is 9.50. The van der Waals surface area contributed by atoms with Crippen LogP contribution in [0.1, 0.15) is 116 Å². The van der Waals surface area contributed by atoms with Gasteiger partial charge in [0.1, 0.15) is 5.75 Å². The van der Waals surface area contributed by atoms with Crippen LogP contribution in [0.15, 0.2) is 36.4 Å². The maximum absolute atomic E-state index is 5.90. The largest absolute Gasteiger partial charge is 0.494 e. The Labute approximate surface area is 187 Å². The summed E-state index contributed by atoms with van der Waals surface area (Å²) in [5, 5.41) is 0. The maximum Gasteiger partial charge on any atom is 0.119 e. The quantitative estimate of drug-likeness (QED) is 0.194. The van der Waals surface area contributed by atoms with Crippen molar-refractivity contribution in [1.29, 1.82) is 0 Å². The predicted octanol–water partition coefficient (Wildman–Crippen LogP) is 9.30. The number of aryl methyl sites for hydroxylation is 1. The maximum atomic E-state index is 5.90. The molecule has 0 bridgehead atoms. The Morgan fingerprint density at radius 3 is 2.20 bits per heavy atom. The van der Waals surface area contributed by atoms with Crippen molar-refractivity contribution >= 4 is 0 Å². The average molecular weight is 413 g/mol. The molecule has 0 heterocycles. The van der Waals surface area contributed by atoms with Gasteiger partial charge in [0.05, 0.1) is 6.61 Å². The van der Waals surface area contributed by atoms with Crippen molar-refractivity contribution in [3.05, 3.63) is 42.0 Å². The lowest BCUT2D eigenvalue weighted by atomic mass is 9.79. The molecular formula is C29H48O. The number of hydrogen-bond donors (Lipinski definition) is 0. The number of ether oxygens (including phenoxy) is 1. The van der Waals surface area contributed by atoms with Crippen molar-refractivity contribution in [3.63, 3.8) is 0 Å². The van der Waals surface area contributed by atoms with E-state index in [0.717, 1.165) is 37.0 Å². The van der Waals surface area contributed by atoms with E-state index in [1.54, 1.807) is 0 Å². The van der Waals surface area contributed by atoms with Crippen LogP contribution in [0.4, 0.5) is 0 Å². The van der Waals surface area contributed by atoms with Crippen molar-refractivity contribution < 1.29 is 4.74 Å². The fraction of sp³-hybridized carbons (Fsp3) is 0.724. The summed E-state index contributed by atoms with van der Waals surface area (Å²) in [6.07, 6.45) is 26.6. The minimum Gasteiger partial charge on any atom is -0.494 e. The van der Waals surface area contributed by atoms with Crippen LogP contribution in [0.2, 0.25) is 0 Å². The molecule has 1 fully saturated rings. The molecule has 1 heteroatoms. The Morgan fingerprint density at radius 1 is 0.800 bits per heavy atom. The van der Waals surface area contributed by atoms with Gasteiger partial charge in [0.25, 0.3) is 0 Å².